The summed E-state index contributed by atoms with van der Waals surface area (Å²) in [5.41, 5.74) is 0.900. The first-order valence-corrected chi connectivity index (χ1v) is 9.36. The Morgan fingerprint density at radius 3 is 2.73 bits per heavy atom. The van der Waals surface area contributed by atoms with E-state index in [4.69, 9.17) is 4.52 Å². The molecule has 0 saturated carbocycles. The second-order valence-electron chi connectivity index (χ2n) is 6.18. The molecule has 1 N–H and O–H groups in total. The number of carbonyl (C=O) groups excluding carboxylic acids is 1. The van der Waals surface area contributed by atoms with Gasteiger partial charge in [-0.1, -0.05) is 41.6 Å². The van der Waals surface area contributed by atoms with Crippen LogP contribution in [-0.2, 0) is 11.2 Å². The van der Waals surface area contributed by atoms with Gasteiger partial charge in [0, 0.05) is 29.8 Å². The van der Waals surface area contributed by atoms with Crippen molar-refractivity contribution in [2.45, 2.75) is 18.9 Å². The summed E-state index contributed by atoms with van der Waals surface area (Å²) in [6, 6.07) is 13.9. The highest BCUT2D eigenvalue weighted by atomic mass is 32.1. The molecule has 0 aliphatic carbocycles. The van der Waals surface area contributed by atoms with E-state index in [-0.39, 0.29) is 11.9 Å². The molecule has 6 nitrogen and oxygen atoms in total. The first-order valence-electron chi connectivity index (χ1n) is 8.48. The van der Waals surface area contributed by atoms with Crippen molar-refractivity contribution in [2.75, 3.05) is 20.6 Å². The minimum atomic E-state index is -0.0205. The molecular weight excluding hydrogens is 348 g/mol. The Balaban J connectivity index is 1.49. The highest BCUT2D eigenvalue weighted by molar-refractivity contribution is 7.10. The number of benzene rings is 1. The highest BCUT2D eigenvalue weighted by Crippen LogP contribution is 2.22. The van der Waals surface area contributed by atoms with Gasteiger partial charge in [-0.25, -0.2) is 0 Å². The molecule has 0 saturated heterocycles. The minimum Gasteiger partial charge on any atom is -0.354 e. The fourth-order valence-electron chi connectivity index (χ4n) is 2.60. The van der Waals surface area contributed by atoms with Crippen LogP contribution in [0.25, 0.3) is 11.4 Å². The van der Waals surface area contributed by atoms with Crippen molar-refractivity contribution in [3.05, 3.63) is 58.6 Å². The quantitative estimate of drug-likeness (QED) is 0.659. The van der Waals surface area contributed by atoms with Gasteiger partial charge in [0.1, 0.15) is 0 Å². The van der Waals surface area contributed by atoms with Crippen LogP contribution in [0.2, 0.25) is 0 Å². The number of nitrogens with zero attached hydrogens (tertiary/aromatic N) is 3. The standard InChI is InChI=1S/C19H22N4O2S/c1-23(2)15(16-9-6-12-26-16)13-20-17(24)10-11-18-21-19(22-25-18)14-7-4-3-5-8-14/h3-9,12,15H,10-11,13H2,1-2H3,(H,20,24). The Labute approximate surface area is 156 Å². The first kappa shape index (κ1) is 18.3. The number of aromatic nitrogens is 2. The van der Waals surface area contributed by atoms with Crippen LogP contribution in [0.1, 0.15) is 23.2 Å². The topological polar surface area (TPSA) is 71.3 Å². The zero-order valence-corrected chi connectivity index (χ0v) is 15.7. The van der Waals surface area contributed by atoms with Gasteiger partial charge in [0.2, 0.25) is 17.6 Å². The van der Waals surface area contributed by atoms with Crippen LogP contribution in [0.3, 0.4) is 0 Å². The highest BCUT2D eigenvalue weighted by Gasteiger charge is 2.16. The second kappa shape index (κ2) is 8.73. The van der Waals surface area contributed by atoms with Gasteiger partial charge in [0.15, 0.2) is 0 Å². The number of nitrogens with one attached hydrogen (secondary N) is 1. The monoisotopic (exact) mass is 370 g/mol. The summed E-state index contributed by atoms with van der Waals surface area (Å²) in [5.74, 6) is 1.00. The predicted molar refractivity (Wildman–Crippen MR) is 102 cm³/mol. The van der Waals surface area contributed by atoms with Gasteiger partial charge in [-0.3, -0.25) is 4.79 Å². The number of likely N-dealkylation sites (N-methyl/N-ethyl adjacent to an activating group) is 1. The van der Waals surface area contributed by atoms with Crippen molar-refractivity contribution in [1.29, 1.82) is 0 Å². The zero-order chi connectivity index (χ0) is 18.4. The van der Waals surface area contributed by atoms with E-state index in [1.807, 2.05) is 55.9 Å². The number of hydrogen-bond donors (Lipinski definition) is 1. The van der Waals surface area contributed by atoms with Gasteiger partial charge in [-0.05, 0) is 25.5 Å². The van der Waals surface area contributed by atoms with E-state index in [9.17, 15) is 4.79 Å². The summed E-state index contributed by atoms with van der Waals surface area (Å²) < 4.78 is 5.24. The molecule has 0 aliphatic rings. The summed E-state index contributed by atoms with van der Waals surface area (Å²) >= 11 is 1.70. The lowest BCUT2D eigenvalue weighted by molar-refractivity contribution is -0.121. The summed E-state index contributed by atoms with van der Waals surface area (Å²) in [7, 11) is 4.03. The lowest BCUT2D eigenvalue weighted by atomic mass is 10.2. The number of rotatable bonds is 8. The normalized spacial score (nSPS) is 12.3. The molecular formula is C19H22N4O2S. The molecule has 1 amide bonds. The average molecular weight is 370 g/mol. The molecule has 2 heterocycles. The zero-order valence-electron chi connectivity index (χ0n) is 14.9. The van der Waals surface area contributed by atoms with Crippen LogP contribution in [0.5, 0.6) is 0 Å². The van der Waals surface area contributed by atoms with E-state index in [1.54, 1.807) is 11.3 Å². The molecule has 26 heavy (non-hydrogen) atoms. The van der Waals surface area contributed by atoms with Crippen LogP contribution in [-0.4, -0.2) is 41.6 Å². The molecule has 0 aliphatic heterocycles. The van der Waals surface area contributed by atoms with Crippen molar-refractivity contribution >= 4 is 17.2 Å². The number of thiophene rings is 1. The van der Waals surface area contributed by atoms with Gasteiger partial charge in [-0.15, -0.1) is 11.3 Å². The van der Waals surface area contributed by atoms with Crippen molar-refractivity contribution in [2.24, 2.45) is 0 Å². The van der Waals surface area contributed by atoms with Crippen LogP contribution >= 0.6 is 11.3 Å². The number of carbonyl (C=O) groups is 1. The molecule has 1 aromatic carbocycles. The maximum absolute atomic E-state index is 12.2. The van der Waals surface area contributed by atoms with Gasteiger partial charge < -0.3 is 14.7 Å². The van der Waals surface area contributed by atoms with E-state index >= 15 is 0 Å². The summed E-state index contributed by atoms with van der Waals surface area (Å²) in [6.45, 7) is 0.575. The van der Waals surface area contributed by atoms with Gasteiger partial charge >= 0.3 is 0 Å². The minimum absolute atomic E-state index is 0.0205. The molecule has 3 rings (SSSR count). The molecule has 3 aromatic rings. The number of amides is 1. The van der Waals surface area contributed by atoms with Crippen molar-refractivity contribution in [3.63, 3.8) is 0 Å². The third-order valence-electron chi connectivity index (χ3n) is 4.05. The van der Waals surface area contributed by atoms with Crippen molar-refractivity contribution in [1.82, 2.24) is 20.4 Å². The second-order valence-corrected chi connectivity index (χ2v) is 7.16. The van der Waals surface area contributed by atoms with E-state index in [1.165, 1.54) is 4.88 Å². The van der Waals surface area contributed by atoms with Gasteiger partial charge in [0.05, 0.1) is 6.04 Å². The Kier molecular flexibility index (Phi) is 6.14. The Bertz CT molecular complexity index is 815. The number of aryl methyl sites for hydroxylation is 1. The maximum Gasteiger partial charge on any atom is 0.227 e. The molecule has 136 valence electrons. The molecule has 0 bridgehead atoms. The van der Waals surface area contributed by atoms with Crippen LogP contribution in [0.4, 0.5) is 0 Å². The fraction of sp³-hybridized carbons (Fsp3) is 0.316. The first-order chi connectivity index (χ1) is 12.6. The van der Waals surface area contributed by atoms with Gasteiger partial charge in [0.25, 0.3) is 0 Å². The summed E-state index contributed by atoms with van der Waals surface area (Å²) in [6.07, 6.45) is 0.748. The molecule has 2 aromatic heterocycles. The molecule has 1 unspecified atom stereocenters. The van der Waals surface area contributed by atoms with Crippen molar-refractivity contribution < 1.29 is 9.32 Å². The molecule has 0 radical (unpaired) electrons. The average Bonchev–Trinajstić information content (AvgIpc) is 3.33. The summed E-state index contributed by atoms with van der Waals surface area (Å²) in [4.78, 5) is 19.9. The molecule has 1 atom stereocenters. The molecule has 0 spiro atoms. The van der Waals surface area contributed by atoms with Gasteiger partial charge in [-0.2, -0.15) is 4.98 Å². The Hall–Kier alpha value is -2.51. The SMILES string of the molecule is CN(C)C(CNC(=O)CCc1nc(-c2ccccc2)no1)c1cccs1. The van der Waals surface area contributed by atoms with Crippen LogP contribution in [0.15, 0.2) is 52.4 Å². The lowest BCUT2D eigenvalue weighted by Crippen LogP contribution is -2.34. The smallest absolute Gasteiger partial charge is 0.227 e. The van der Waals surface area contributed by atoms with Crippen molar-refractivity contribution in [3.8, 4) is 11.4 Å². The largest absolute Gasteiger partial charge is 0.354 e. The van der Waals surface area contributed by atoms with E-state index in [2.05, 4.69) is 26.4 Å². The number of hydrogen-bond acceptors (Lipinski definition) is 6. The van der Waals surface area contributed by atoms with Crippen LogP contribution in [0, 0.1) is 0 Å². The Morgan fingerprint density at radius 2 is 2.04 bits per heavy atom. The third kappa shape index (κ3) is 4.77. The van der Waals surface area contributed by atoms with Crippen LogP contribution < -0.4 is 5.32 Å². The summed E-state index contributed by atoms with van der Waals surface area (Å²) in [5, 5.41) is 9.02. The maximum atomic E-state index is 12.2. The molecule has 0 fully saturated rings. The third-order valence-corrected chi connectivity index (χ3v) is 5.03. The lowest BCUT2D eigenvalue weighted by Gasteiger charge is -2.23. The van der Waals surface area contributed by atoms with E-state index in [0.717, 1.165) is 5.56 Å². The Morgan fingerprint density at radius 1 is 1.23 bits per heavy atom. The fourth-order valence-corrected chi connectivity index (χ4v) is 3.52. The predicted octanol–water partition coefficient (Wildman–Crippen LogP) is 3.15. The molecule has 7 heteroatoms. The van der Waals surface area contributed by atoms with E-state index < -0.39 is 0 Å². The van der Waals surface area contributed by atoms with E-state index in [0.29, 0.717) is 31.1 Å².